The molecule has 2 saturated heterocycles. The summed E-state index contributed by atoms with van der Waals surface area (Å²) in [5.41, 5.74) is -6.21. The Balaban J connectivity index is 1.92. The normalized spacial score (nSPS) is 38.5. The monoisotopic (exact) mass is 1050 g/mol. The van der Waals surface area contributed by atoms with Crippen molar-refractivity contribution in [2.45, 2.75) is 193 Å². The molecular formula is C51H82F3NO14SSi. The second kappa shape index (κ2) is 24.2. The SMILES string of the molecule is C=CCC1C=C(C)CC(C)CC(OC)C2OC(O)(C(=O)C(=O)N3C(CCC(C)C3(C)O[SiH3])C(=O)OC(C(C)=CC3CCC(OS(=O)(=O)C(F)(F)F)C(OC)C3)C(C)C(C(C)(C)C)CC1=O)C(C)CC2OC. The van der Waals surface area contributed by atoms with Crippen molar-refractivity contribution in [3.05, 3.63) is 36.0 Å². The van der Waals surface area contributed by atoms with Crippen LogP contribution >= 0.6 is 0 Å². The number of methoxy groups -OCH3 is 3. The highest BCUT2D eigenvalue weighted by Crippen LogP contribution is 2.45. The average molecular weight is 1050 g/mol. The number of ether oxygens (including phenoxy) is 5. The van der Waals surface area contributed by atoms with Crippen LogP contribution in [0.1, 0.15) is 133 Å². The van der Waals surface area contributed by atoms with Gasteiger partial charge < -0.3 is 33.2 Å². The van der Waals surface area contributed by atoms with E-state index in [9.17, 15) is 36.3 Å². The van der Waals surface area contributed by atoms with Gasteiger partial charge in [0.25, 0.3) is 11.7 Å². The number of allylic oxidation sites excluding steroid dienone is 4. The quantitative estimate of drug-likeness (QED) is 0.0584. The Labute approximate surface area is 423 Å². The Morgan fingerprint density at radius 3 is 2.07 bits per heavy atom. The summed E-state index contributed by atoms with van der Waals surface area (Å²) in [6, 6.07) is -1.39. The number of aliphatic hydroxyl groups is 1. The highest BCUT2D eigenvalue weighted by Gasteiger charge is 2.60. The second-order valence-electron chi connectivity index (χ2n) is 22.1. The average Bonchev–Trinajstić information content (AvgIpc) is 3.28. The van der Waals surface area contributed by atoms with Crippen LogP contribution in [0.5, 0.6) is 0 Å². The molecule has 1 amide bonds. The number of carbonyl (C=O) groups excluding carboxylic acids is 4. The fourth-order valence-electron chi connectivity index (χ4n) is 11.6. The number of cyclic esters (lactones) is 1. The number of carbonyl (C=O) groups is 4. The van der Waals surface area contributed by atoms with Crippen molar-refractivity contribution in [1.29, 1.82) is 0 Å². The van der Waals surface area contributed by atoms with Crippen LogP contribution in [0.4, 0.5) is 13.2 Å². The minimum absolute atomic E-state index is 0.0466. The fourth-order valence-corrected chi connectivity index (χ4v) is 12.9. The zero-order valence-electron chi connectivity index (χ0n) is 44.3. The van der Waals surface area contributed by atoms with Crippen molar-refractivity contribution in [1.82, 2.24) is 4.90 Å². The van der Waals surface area contributed by atoms with Crippen LogP contribution in [0.2, 0.25) is 0 Å². The fraction of sp³-hybridized carbons (Fsp3) is 0.804. The van der Waals surface area contributed by atoms with Crippen LogP contribution in [0, 0.1) is 46.8 Å². The molecule has 4 aliphatic rings. The lowest BCUT2D eigenvalue weighted by molar-refractivity contribution is -0.303. The summed E-state index contributed by atoms with van der Waals surface area (Å²) in [4.78, 5) is 60.9. The molecule has 406 valence electrons. The Morgan fingerprint density at radius 2 is 1.52 bits per heavy atom. The van der Waals surface area contributed by atoms with Gasteiger partial charge >= 0.3 is 21.6 Å². The number of halogens is 3. The lowest BCUT2D eigenvalue weighted by Gasteiger charge is -2.52. The van der Waals surface area contributed by atoms with E-state index in [0.29, 0.717) is 31.3 Å². The van der Waals surface area contributed by atoms with Gasteiger partial charge in [-0.15, -0.1) is 6.58 Å². The molecule has 16 atom stereocenters. The number of esters is 1. The molecule has 0 aromatic carbocycles. The Kier molecular flexibility index (Phi) is 20.7. The van der Waals surface area contributed by atoms with E-state index < -0.39 is 122 Å². The number of amides is 1. The first-order valence-electron chi connectivity index (χ1n) is 25.0. The standard InChI is InChI=1S/C51H82F3NO14SSi/c1-15-16-35-22-28(2)21-29(3)23-41(64-13)44-42(65-14)25-32(6)50(60,67-44)45(57)46(58)55-37(19-17-31(5)49(55,11)69-71)47(59)66-43(33(7)36(27-38(35)56)48(8,9)10)30(4)24-34-18-20-39(40(26-34)63-12)68-70(61,62)51(52,53)54/h15,22,24,29,31-37,39-44,60H,1,16-21,23,25-27H2,2-14,71H3. The zero-order chi connectivity index (χ0) is 53.8. The number of piperidine rings is 1. The van der Waals surface area contributed by atoms with Gasteiger partial charge in [0.15, 0.2) is 0 Å². The van der Waals surface area contributed by atoms with Crippen molar-refractivity contribution < 1.29 is 78.2 Å². The van der Waals surface area contributed by atoms with E-state index in [2.05, 4.69) is 10.8 Å². The first-order chi connectivity index (χ1) is 32.8. The number of rotatable bonds is 10. The molecule has 3 fully saturated rings. The van der Waals surface area contributed by atoms with Gasteiger partial charge in [-0.1, -0.05) is 72.3 Å². The molecule has 4 rings (SSSR count). The summed E-state index contributed by atoms with van der Waals surface area (Å²) in [6.45, 7) is 22.6. The molecule has 1 aliphatic carbocycles. The molecule has 71 heavy (non-hydrogen) atoms. The van der Waals surface area contributed by atoms with Crippen LogP contribution < -0.4 is 0 Å². The van der Waals surface area contributed by atoms with Gasteiger partial charge in [-0.3, -0.25) is 23.5 Å². The van der Waals surface area contributed by atoms with Crippen molar-refractivity contribution in [2.24, 2.45) is 46.8 Å². The Bertz CT molecular complexity index is 2080. The first kappa shape index (κ1) is 60.7. The Morgan fingerprint density at radius 1 is 0.915 bits per heavy atom. The Hall–Kier alpha value is -2.82. The topological polar surface area (TPSA) is 190 Å². The molecule has 15 nitrogen and oxygen atoms in total. The lowest BCUT2D eigenvalue weighted by Crippen LogP contribution is -2.69. The minimum Gasteiger partial charge on any atom is -0.456 e. The van der Waals surface area contributed by atoms with Crippen LogP contribution in [0.25, 0.3) is 0 Å². The predicted octanol–water partition coefficient (Wildman–Crippen LogP) is 7.07. The molecule has 3 aliphatic heterocycles. The molecular weight excluding hydrogens is 968 g/mol. The molecule has 0 spiro atoms. The van der Waals surface area contributed by atoms with Gasteiger partial charge in [0.05, 0.1) is 18.3 Å². The number of hydrogen-bond donors (Lipinski definition) is 1. The van der Waals surface area contributed by atoms with E-state index >= 15 is 9.59 Å². The molecule has 1 saturated carbocycles. The van der Waals surface area contributed by atoms with Gasteiger partial charge in [-0.25, -0.2) is 4.79 Å². The summed E-state index contributed by atoms with van der Waals surface area (Å²) >= 11 is 0. The van der Waals surface area contributed by atoms with Gasteiger partial charge in [-0.05, 0) is 107 Å². The maximum atomic E-state index is 15.2. The van der Waals surface area contributed by atoms with E-state index in [-0.39, 0.29) is 66.6 Å². The number of alkyl halides is 3. The smallest absolute Gasteiger partial charge is 0.456 e. The van der Waals surface area contributed by atoms with Crippen molar-refractivity contribution in [2.75, 3.05) is 21.3 Å². The van der Waals surface area contributed by atoms with E-state index in [4.69, 9.17) is 28.1 Å². The first-order valence-corrected chi connectivity index (χ1v) is 27.2. The van der Waals surface area contributed by atoms with Crippen LogP contribution in [0.3, 0.4) is 0 Å². The molecule has 2 bridgehead atoms. The number of hydrogen-bond acceptors (Lipinski definition) is 14. The third kappa shape index (κ3) is 13.7. The maximum absolute atomic E-state index is 15.2. The number of ketones is 2. The lowest BCUT2D eigenvalue weighted by atomic mass is 9.67. The van der Waals surface area contributed by atoms with Crippen LogP contribution in [-0.2, 0) is 61.6 Å². The largest absolute Gasteiger partial charge is 0.523 e. The molecule has 3 heterocycles. The molecule has 20 heteroatoms. The van der Waals surface area contributed by atoms with E-state index in [1.807, 2.05) is 60.6 Å². The van der Waals surface area contributed by atoms with Gasteiger partial charge in [0.1, 0.15) is 46.3 Å². The van der Waals surface area contributed by atoms with Crippen molar-refractivity contribution in [3.63, 3.8) is 0 Å². The summed E-state index contributed by atoms with van der Waals surface area (Å²) < 4.78 is 105. The zero-order valence-corrected chi connectivity index (χ0v) is 47.2. The number of Topliss-reactive ketones (excluding diaryl/α,β-unsaturated/α-hetero) is 2. The molecule has 0 aromatic rings. The third-order valence-corrected chi connectivity index (χ3v) is 17.9. The number of nitrogens with zero attached hydrogens (tertiary/aromatic N) is 1. The van der Waals surface area contributed by atoms with Crippen LogP contribution in [-0.4, -0.2) is 133 Å². The van der Waals surface area contributed by atoms with Crippen molar-refractivity contribution in [3.8, 4) is 0 Å². The highest BCUT2D eigenvalue weighted by atomic mass is 32.2. The highest BCUT2D eigenvalue weighted by molar-refractivity contribution is 7.87. The van der Waals surface area contributed by atoms with E-state index in [0.717, 1.165) is 10.5 Å². The number of fused-ring (bicyclic) bond motifs is 3. The maximum Gasteiger partial charge on any atom is 0.523 e. The molecule has 16 unspecified atom stereocenters. The van der Waals surface area contributed by atoms with Gasteiger partial charge in [-0.2, -0.15) is 21.6 Å². The van der Waals surface area contributed by atoms with Crippen LogP contribution in [0.15, 0.2) is 36.0 Å². The molecule has 0 radical (unpaired) electrons. The van der Waals surface area contributed by atoms with Gasteiger partial charge in [0.2, 0.25) is 5.79 Å². The molecule has 0 aromatic heterocycles. The van der Waals surface area contributed by atoms with E-state index in [1.54, 1.807) is 26.8 Å². The van der Waals surface area contributed by atoms with E-state index in [1.165, 1.54) is 21.3 Å². The summed E-state index contributed by atoms with van der Waals surface area (Å²) in [5, 5.41) is 12.4. The van der Waals surface area contributed by atoms with Gasteiger partial charge in [0, 0.05) is 51.4 Å². The molecule has 1 N–H and O–H groups in total. The predicted molar refractivity (Wildman–Crippen MR) is 262 cm³/mol. The van der Waals surface area contributed by atoms with Crippen molar-refractivity contribution >= 4 is 44.0 Å². The summed E-state index contributed by atoms with van der Waals surface area (Å²) in [7, 11) is -1.57. The minimum atomic E-state index is -5.91. The second-order valence-corrected chi connectivity index (χ2v) is 24.0. The summed E-state index contributed by atoms with van der Waals surface area (Å²) in [6.07, 6.45) is 1.81. The third-order valence-electron chi connectivity index (χ3n) is 16.0. The summed E-state index contributed by atoms with van der Waals surface area (Å²) in [5.74, 6) is -9.39.